The number of benzene rings is 1. The summed E-state index contributed by atoms with van der Waals surface area (Å²) in [5.41, 5.74) is 0.888. The molecule has 3 heteroatoms. The SMILES string of the molecule is CCC(C)(CO)NCc1ccccc1OC. The average Bonchev–Trinajstić information content (AvgIpc) is 2.36. The maximum atomic E-state index is 9.30. The molecule has 0 aliphatic heterocycles. The fourth-order valence-corrected chi connectivity index (χ4v) is 1.45. The van der Waals surface area contributed by atoms with Crippen LogP contribution < -0.4 is 10.1 Å². The Labute approximate surface area is 97.4 Å². The number of aliphatic hydroxyl groups excluding tert-OH is 1. The second-order valence-electron chi connectivity index (χ2n) is 4.24. The van der Waals surface area contributed by atoms with E-state index in [1.54, 1.807) is 7.11 Å². The molecule has 90 valence electrons. The molecule has 16 heavy (non-hydrogen) atoms. The zero-order valence-electron chi connectivity index (χ0n) is 10.3. The summed E-state index contributed by atoms with van der Waals surface area (Å²) in [6.45, 7) is 4.92. The van der Waals surface area contributed by atoms with Gasteiger partial charge < -0.3 is 15.2 Å². The lowest BCUT2D eigenvalue weighted by molar-refractivity contribution is 0.168. The van der Waals surface area contributed by atoms with Crippen LogP contribution in [0.1, 0.15) is 25.8 Å². The number of methoxy groups -OCH3 is 1. The van der Waals surface area contributed by atoms with Gasteiger partial charge in [0.15, 0.2) is 0 Å². The quantitative estimate of drug-likeness (QED) is 0.774. The van der Waals surface area contributed by atoms with Crippen LogP contribution in [-0.2, 0) is 6.54 Å². The molecule has 0 radical (unpaired) electrons. The largest absolute Gasteiger partial charge is 0.496 e. The highest BCUT2D eigenvalue weighted by molar-refractivity contribution is 5.33. The zero-order chi connectivity index (χ0) is 12.0. The molecule has 1 atom stereocenters. The molecule has 2 N–H and O–H groups in total. The number of para-hydroxylation sites is 1. The first kappa shape index (κ1) is 13.0. The van der Waals surface area contributed by atoms with Gasteiger partial charge in [-0.3, -0.25) is 0 Å². The first-order valence-electron chi connectivity index (χ1n) is 5.63. The number of rotatable bonds is 6. The molecule has 0 aliphatic rings. The van der Waals surface area contributed by atoms with E-state index in [-0.39, 0.29) is 12.1 Å². The molecule has 0 bridgehead atoms. The minimum atomic E-state index is -0.221. The molecule has 0 amide bonds. The van der Waals surface area contributed by atoms with Crippen LogP contribution in [0.2, 0.25) is 0 Å². The van der Waals surface area contributed by atoms with Crippen molar-refractivity contribution >= 4 is 0 Å². The van der Waals surface area contributed by atoms with E-state index in [4.69, 9.17) is 4.74 Å². The Hall–Kier alpha value is -1.06. The first-order chi connectivity index (χ1) is 7.65. The van der Waals surface area contributed by atoms with E-state index in [9.17, 15) is 5.11 Å². The normalized spacial score (nSPS) is 14.5. The second kappa shape index (κ2) is 5.87. The third-order valence-corrected chi connectivity index (χ3v) is 3.03. The van der Waals surface area contributed by atoms with Crippen LogP contribution in [0.4, 0.5) is 0 Å². The topological polar surface area (TPSA) is 41.5 Å². The van der Waals surface area contributed by atoms with Crippen molar-refractivity contribution < 1.29 is 9.84 Å². The molecule has 1 aromatic carbocycles. The van der Waals surface area contributed by atoms with Crippen molar-refractivity contribution in [2.75, 3.05) is 13.7 Å². The van der Waals surface area contributed by atoms with E-state index in [2.05, 4.69) is 12.2 Å². The second-order valence-corrected chi connectivity index (χ2v) is 4.24. The van der Waals surface area contributed by atoms with Crippen molar-refractivity contribution in [3.05, 3.63) is 29.8 Å². The Morgan fingerprint density at radius 1 is 1.38 bits per heavy atom. The van der Waals surface area contributed by atoms with Crippen LogP contribution in [0.5, 0.6) is 5.75 Å². The number of ether oxygens (including phenoxy) is 1. The first-order valence-corrected chi connectivity index (χ1v) is 5.63. The lowest BCUT2D eigenvalue weighted by atomic mass is 10.00. The minimum Gasteiger partial charge on any atom is -0.496 e. The standard InChI is InChI=1S/C13H21NO2/c1-4-13(2,10-15)14-9-11-7-5-6-8-12(11)16-3/h5-8,14-15H,4,9-10H2,1-3H3. The van der Waals surface area contributed by atoms with Crippen molar-refractivity contribution in [2.45, 2.75) is 32.4 Å². The molecular weight excluding hydrogens is 202 g/mol. The van der Waals surface area contributed by atoms with Gasteiger partial charge in [-0.05, 0) is 19.4 Å². The maximum Gasteiger partial charge on any atom is 0.123 e. The monoisotopic (exact) mass is 223 g/mol. The van der Waals surface area contributed by atoms with Gasteiger partial charge in [0.1, 0.15) is 5.75 Å². The Balaban J connectivity index is 2.67. The number of hydrogen-bond donors (Lipinski definition) is 2. The summed E-state index contributed by atoms with van der Waals surface area (Å²) in [4.78, 5) is 0. The summed E-state index contributed by atoms with van der Waals surface area (Å²) in [7, 11) is 1.67. The smallest absolute Gasteiger partial charge is 0.123 e. The minimum absolute atomic E-state index is 0.138. The van der Waals surface area contributed by atoms with E-state index < -0.39 is 0 Å². The highest BCUT2D eigenvalue weighted by atomic mass is 16.5. The Kier molecular flexibility index (Phi) is 4.77. The van der Waals surface area contributed by atoms with Gasteiger partial charge in [-0.1, -0.05) is 25.1 Å². The highest BCUT2D eigenvalue weighted by Crippen LogP contribution is 2.18. The number of aliphatic hydroxyl groups is 1. The van der Waals surface area contributed by atoms with Gasteiger partial charge in [-0.25, -0.2) is 0 Å². The van der Waals surface area contributed by atoms with Crippen LogP contribution in [0.15, 0.2) is 24.3 Å². The molecule has 1 rings (SSSR count). The highest BCUT2D eigenvalue weighted by Gasteiger charge is 2.20. The zero-order valence-corrected chi connectivity index (χ0v) is 10.3. The fourth-order valence-electron chi connectivity index (χ4n) is 1.45. The van der Waals surface area contributed by atoms with Crippen LogP contribution in [-0.4, -0.2) is 24.4 Å². The van der Waals surface area contributed by atoms with E-state index in [0.29, 0.717) is 6.54 Å². The lowest BCUT2D eigenvalue weighted by Crippen LogP contribution is -2.44. The molecule has 0 aromatic heterocycles. The third kappa shape index (κ3) is 3.22. The number of nitrogens with one attached hydrogen (secondary N) is 1. The molecule has 3 nitrogen and oxygen atoms in total. The molecular formula is C13H21NO2. The molecule has 0 aliphatic carbocycles. The third-order valence-electron chi connectivity index (χ3n) is 3.03. The van der Waals surface area contributed by atoms with Crippen LogP contribution in [0, 0.1) is 0 Å². The fraction of sp³-hybridized carbons (Fsp3) is 0.538. The van der Waals surface area contributed by atoms with Gasteiger partial charge in [0.05, 0.1) is 13.7 Å². The lowest BCUT2D eigenvalue weighted by Gasteiger charge is -2.27. The molecule has 0 saturated heterocycles. The Morgan fingerprint density at radius 2 is 2.06 bits per heavy atom. The molecule has 0 saturated carbocycles. The van der Waals surface area contributed by atoms with Crippen LogP contribution in [0.25, 0.3) is 0 Å². The molecule has 0 spiro atoms. The van der Waals surface area contributed by atoms with Crippen molar-refractivity contribution in [2.24, 2.45) is 0 Å². The maximum absolute atomic E-state index is 9.30. The van der Waals surface area contributed by atoms with Gasteiger partial charge >= 0.3 is 0 Å². The average molecular weight is 223 g/mol. The molecule has 1 aromatic rings. The van der Waals surface area contributed by atoms with Crippen molar-refractivity contribution in [1.82, 2.24) is 5.32 Å². The molecule has 1 unspecified atom stereocenters. The van der Waals surface area contributed by atoms with Crippen LogP contribution >= 0.6 is 0 Å². The van der Waals surface area contributed by atoms with Gasteiger partial charge in [0.2, 0.25) is 0 Å². The predicted octanol–water partition coefficient (Wildman–Crippen LogP) is 1.95. The van der Waals surface area contributed by atoms with Crippen molar-refractivity contribution in [3.8, 4) is 5.75 Å². The van der Waals surface area contributed by atoms with Crippen molar-refractivity contribution in [1.29, 1.82) is 0 Å². The summed E-state index contributed by atoms with van der Waals surface area (Å²) in [5.74, 6) is 0.881. The predicted molar refractivity (Wildman–Crippen MR) is 65.6 cm³/mol. The van der Waals surface area contributed by atoms with Gasteiger partial charge in [-0.15, -0.1) is 0 Å². The summed E-state index contributed by atoms with van der Waals surface area (Å²) < 4.78 is 5.28. The van der Waals surface area contributed by atoms with E-state index in [0.717, 1.165) is 17.7 Å². The van der Waals surface area contributed by atoms with Gasteiger partial charge in [0.25, 0.3) is 0 Å². The van der Waals surface area contributed by atoms with Crippen LogP contribution in [0.3, 0.4) is 0 Å². The molecule has 0 heterocycles. The Morgan fingerprint density at radius 3 is 2.62 bits per heavy atom. The van der Waals surface area contributed by atoms with E-state index in [1.807, 2.05) is 31.2 Å². The van der Waals surface area contributed by atoms with E-state index in [1.165, 1.54) is 0 Å². The Bertz CT molecular complexity index is 321. The summed E-state index contributed by atoms with van der Waals surface area (Å²) >= 11 is 0. The van der Waals surface area contributed by atoms with E-state index >= 15 is 0 Å². The number of hydrogen-bond acceptors (Lipinski definition) is 3. The molecule has 0 fully saturated rings. The van der Waals surface area contributed by atoms with Crippen molar-refractivity contribution in [3.63, 3.8) is 0 Å². The van der Waals surface area contributed by atoms with Gasteiger partial charge in [-0.2, -0.15) is 0 Å². The summed E-state index contributed by atoms with van der Waals surface area (Å²) in [6, 6.07) is 7.91. The van der Waals surface area contributed by atoms with Gasteiger partial charge in [0, 0.05) is 17.6 Å². The summed E-state index contributed by atoms with van der Waals surface area (Å²) in [6.07, 6.45) is 0.888. The summed E-state index contributed by atoms with van der Waals surface area (Å²) in [5, 5.41) is 12.7.